The van der Waals surface area contributed by atoms with E-state index < -0.39 is 0 Å². The van der Waals surface area contributed by atoms with Crippen molar-refractivity contribution in [3.63, 3.8) is 0 Å². The lowest BCUT2D eigenvalue weighted by molar-refractivity contribution is -0.144. The Morgan fingerprint density at radius 2 is 1.62 bits per heavy atom. The molecule has 0 bridgehead atoms. The number of rotatable bonds is 8. The molecule has 0 heterocycles. The number of hydrogen-bond acceptors (Lipinski definition) is 4. The van der Waals surface area contributed by atoms with Crippen LogP contribution in [-0.2, 0) is 16.1 Å². The largest absolute Gasteiger partial charge is 0.490 e. The molecule has 2 rings (SSSR count). The van der Waals surface area contributed by atoms with Crippen LogP contribution in [0.2, 0.25) is 0 Å². The van der Waals surface area contributed by atoms with Crippen LogP contribution in [0.25, 0.3) is 0 Å². The predicted molar refractivity (Wildman–Crippen MR) is 93.3 cm³/mol. The van der Waals surface area contributed by atoms with Gasteiger partial charge in [-0.1, -0.05) is 29.8 Å². The van der Waals surface area contributed by atoms with Crippen LogP contribution in [-0.4, -0.2) is 18.7 Å². The molecule has 1 atom stereocenters. The summed E-state index contributed by atoms with van der Waals surface area (Å²) in [5.74, 6) is 1.23. The third-order valence-corrected chi connectivity index (χ3v) is 3.45. The van der Waals surface area contributed by atoms with E-state index in [0.717, 1.165) is 11.3 Å². The summed E-state index contributed by atoms with van der Waals surface area (Å²) >= 11 is 0. The third-order valence-electron chi connectivity index (χ3n) is 3.45. The molecule has 0 saturated carbocycles. The Labute approximate surface area is 143 Å². The molecule has 0 aliphatic heterocycles. The second kappa shape index (κ2) is 8.96. The summed E-state index contributed by atoms with van der Waals surface area (Å²) in [7, 11) is 0. The lowest BCUT2D eigenvalue weighted by Crippen LogP contribution is -2.18. The van der Waals surface area contributed by atoms with Gasteiger partial charge in [-0.2, -0.15) is 0 Å². The molecule has 0 N–H and O–H groups in total. The van der Waals surface area contributed by atoms with Crippen molar-refractivity contribution in [2.24, 2.45) is 0 Å². The first-order chi connectivity index (χ1) is 11.6. The van der Waals surface area contributed by atoms with E-state index in [2.05, 4.69) is 31.2 Å². The van der Waals surface area contributed by atoms with Crippen LogP contribution in [0.15, 0.2) is 48.5 Å². The second-order valence-electron chi connectivity index (χ2n) is 5.68. The fourth-order valence-electron chi connectivity index (χ4n) is 2.19. The number of aryl methyl sites for hydroxylation is 1. The van der Waals surface area contributed by atoms with Crippen molar-refractivity contribution in [1.29, 1.82) is 0 Å². The molecule has 4 nitrogen and oxygen atoms in total. The van der Waals surface area contributed by atoms with Crippen molar-refractivity contribution in [3.05, 3.63) is 59.7 Å². The van der Waals surface area contributed by atoms with Crippen LogP contribution in [0.5, 0.6) is 11.5 Å². The summed E-state index contributed by atoms with van der Waals surface area (Å²) < 4.78 is 16.4. The average molecular weight is 328 g/mol. The quantitative estimate of drug-likeness (QED) is 0.678. The highest BCUT2D eigenvalue weighted by atomic mass is 16.5. The van der Waals surface area contributed by atoms with Gasteiger partial charge in [0.2, 0.25) is 0 Å². The maximum absolute atomic E-state index is 11.4. The monoisotopic (exact) mass is 328 g/mol. The minimum Gasteiger partial charge on any atom is -0.490 e. The average Bonchev–Trinajstić information content (AvgIpc) is 2.55. The van der Waals surface area contributed by atoms with E-state index in [1.165, 1.54) is 5.56 Å². The van der Waals surface area contributed by atoms with Crippen LogP contribution in [0, 0.1) is 6.92 Å². The normalized spacial score (nSPS) is 11.6. The molecule has 2 aromatic rings. The molecule has 0 fully saturated rings. The molecular formula is C20H24O4. The fourth-order valence-corrected chi connectivity index (χ4v) is 2.19. The molecule has 0 aliphatic carbocycles. The highest BCUT2D eigenvalue weighted by Crippen LogP contribution is 2.20. The van der Waals surface area contributed by atoms with Crippen LogP contribution >= 0.6 is 0 Å². The Balaban J connectivity index is 1.81. The summed E-state index contributed by atoms with van der Waals surface area (Å²) in [5.41, 5.74) is 2.36. The minimum atomic E-state index is -0.247. The number of benzene rings is 2. The van der Waals surface area contributed by atoms with Gasteiger partial charge >= 0.3 is 5.97 Å². The maximum atomic E-state index is 11.4. The SMILES string of the molecule is CCOC(=O)C[C@H](C)Oc1ccc(OCc2ccc(C)cc2)cc1. The van der Waals surface area contributed by atoms with Crippen LogP contribution in [0.4, 0.5) is 0 Å². The zero-order valence-corrected chi connectivity index (χ0v) is 14.5. The van der Waals surface area contributed by atoms with Crippen molar-refractivity contribution < 1.29 is 19.0 Å². The topological polar surface area (TPSA) is 44.8 Å². The summed E-state index contributed by atoms with van der Waals surface area (Å²) in [6.45, 7) is 6.61. The molecule has 128 valence electrons. The second-order valence-corrected chi connectivity index (χ2v) is 5.68. The highest BCUT2D eigenvalue weighted by Gasteiger charge is 2.11. The third kappa shape index (κ3) is 5.95. The molecule has 4 heteroatoms. The Bertz CT molecular complexity index is 632. The molecule has 0 spiro atoms. The van der Waals surface area contributed by atoms with Crippen molar-refractivity contribution >= 4 is 5.97 Å². The van der Waals surface area contributed by atoms with E-state index in [1.807, 2.05) is 31.2 Å². The molecule has 0 aromatic heterocycles. The number of esters is 1. The van der Waals surface area contributed by atoms with Crippen molar-refractivity contribution in [3.8, 4) is 11.5 Å². The van der Waals surface area contributed by atoms with Gasteiger partial charge in [0.1, 0.15) is 24.2 Å². The summed E-state index contributed by atoms with van der Waals surface area (Å²) in [6.07, 6.45) is 0.00265. The van der Waals surface area contributed by atoms with Crippen molar-refractivity contribution in [2.45, 2.75) is 39.9 Å². The van der Waals surface area contributed by atoms with Gasteiger partial charge in [-0.05, 0) is 50.6 Å². The fraction of sp³-hybridized carbons (Fsp3) is 0.350. The Morgan fingerprint density at radius 3 is 2.25 bits per heavy atom. The smallest absolute Gasteiger partial charge is 0.309 e. The number of carbonyl (C=O) groups excluding carboxylic acids is 1. The zero-order valence-electron chi connectivity index (χ0n) is 14.5. The number of hydrogen-bond donors (Lipinski definition) is 0. The molecular weight excluding hydrogens is 304 g/mol. The first-order valence-electron chi connectivity index (χ1n) is 8.17. The molecule has 0 radical (unpaired) electrons. The molecule has 24 heavy (non-hydrogen) atoms. The van der Waals surface area contributed by atoms with Crippen LogP contribution in [0.1, 0.15) is 31.4 Å². The summed E-state index contributed by atoms with van der Waals surface area (Å²) in [6, 6.07) is 15.7. The Kier molecular flexibility index (Phi) is 6.67. The Hall–Kier alpha value is -2.49. The lowest BCUT2D eigenvalue weighted by atomic mass is 10.2. The molecule has 0 unspecified atom stereocenters. The number of ether oxygens (including phenoxy) is 3. The van der Waals surface area contributed by atoms with E-state index in [9.17, 15) is 4.79 Å². The molecule has 2 aromatic carbocycles. The van der Waals surface area contributed by atoms with Gasteiger partial charge in [-0.15, -0.1) is 0 Å². The van der Waals surface area contributed by atoms with Gasteiger partial charge in [-0.25, -0.2) is 0 Å². The van der Waals surface area contributed by atoms with E-state index in [4.69, 9.17) is 14.2 Å². The van der Waals surface area contributed by atoms with Crippen molar-refractivity contribution in [1.82, 2.24) is 0 Å². The zero-order chi connectivity index (χ0) is 17.4. The maximum Gasteiger partial charge on any atom is 0.309 e. The van der Waals surface area contributed by atoms with E-state index >= 15 is 0 Å². The van der Waals surface area contributed by atoms with Gasteiger partial charge in [0.05, 0.1) is 13.0 Å². The predicted octanol–water partition coefficient (Wildman–Crippen LogP) is 4.29. The van der Waals surface area contributed by atoms with Gasteiger partial charge in [-0.3, -0.25) is 4.79 Å². The first-order valence-corrected chi connectivity index (χ1v) is 8.17. The van der Waals surface area contributed by atoms with Crippen LogP contribution in [0.3, 0.4) is 0 Å². The summed E-state index contributed by atoms with van der Waals surface area (Å²) in [5, 5.41) is 0. The van der Waals surface area contributed by atoms with E-state index in [1.54, 1.807) is 6.92 Å². The van der Waals surface area contributed by atoms with Crippen LogP contribution < -0.4 is 9.47 Å². The molecule has 0 aliphatic rings. The first kappa shape index (κ1) is 17.9. The van der Waals surface area contributed by atoms with E-state index in [0.29, 0.717) is 19.0 Å². The lowest BCUT2D eigenvalue weighted by Gasteiger charge is -2.14. The standard InChI is InChI=1S/C20H24O4/c1-4-22-20(21)13-16(3)24-19-11-9-18(10-12-19)23-14-17-7-5-15(2)6-8-17/h5-12,16H,4,13-14H2,1-3H3/t16-/m0/s1. The minimum absolute atomic E-state index is 0.233. The van der Waals surface area contributed by atoms with Gasteiger partial charge in [0, 0.05) is 0 Å². The number of carbonyl (C=O) groups is 1. The summed E-state index contributed by atoms with van der Waals surface area (Å²) in [4.78, 5) is 11.4. The van der Waals surface area contributed by atoms with Gasteiger partial charge in [0.25, 0.3) is 0 Å². The molecule has 0 amide bonds. The Morgan fingerprint density at radius 1 is 1.00 bits per heavy atom. The van der Waals surface area contributed by atoms with Gasteiger partial charge in [0.15, 0.2) is 0 Å². The van der Waals surface area contributed by atoms with Gasteiger partial charge < -0.3 is 14.2 Å². The highest BCUT2D eigenvalue weighted by molar-refractivity contribution is 5.69. The van der Waals surface area contributed by atoms with E-state index in [-0.39, 0.29) is 18.5 Å². The molecule has 0 saturated heterocycles. The van der Waals surface area contributed by atoms with Crippen molar-refractivity contribution in [2.75, 3.05) is 6.61 Å².